The lowest BCUT2D eigenvalue weighted by Crippen LogP contribution is -2.30. The van der Waals surface area contributed by atoms with Crippen LogP contribution in [0.4, 0.5) is 0 Å². The Morgan fingerprint density at radius 1 is 0.750 bits per heavy atom. The van der Waals surface area contributed by atoms with Crippen LogP contribution in [0.25, 0.3) is 0 Å². The Balaban J connectivity index is 4.33. The molecule has 0 aromatic carbocycles. The zero-order valence-corrected chi connectivity index (χ0v) is 15.8. The third-order valence-electron chi connectivity index (χ3n) is 2.36. The van der Waals surface area contributed by atoms with Crippen LogP contribution in [0.1, 0.15) is 0 Å². The molecule has 16 heavy (non-hydrogen) atoms. The van der Waals surface area contributed by atoms with Crippen LogP contribution in [-0.4, -0.2) is 26.8 Å². The van der Waals surface area contributed by atoms with Crippen LogP contribution in [0.5, 0.6) is 0 Å². The fourth-order valence-corrected chi connectivity index (χ4v) is 8.48. The fraction of sp³-hybridized carbons (Fsp3) is 0.667. The molecule has 0 bridgehead atoms. The van der Waals surface area contributed by atoms with Crippen molar-refractivity contribution in [2.24, 2.45) is 0 Å². The van der Waals surface area contributed by atoms with Crippen molar-refractivity contribution in [2.75, 3.05) is 10.7 Å². The summed E-state index contributed by atoms with van der Waals surface area (Å²) in [7, 11) is -2.62. The van der Waals surface area contributed by atoms with Gasteiger partial charge in [-0.2, -0.15) is 0 Å². The summed E-state index contributed by atoms with van der Waals surface area (Å²) in [5.41, 5.74) is 6.89. The summed E-state index contributed by atoms with van der Waals surface area (Å²) in [5.74, 6) is 6.34. The molecule has 0 aromatic rings. The van der Waals surface area contributed by atoms with E-state index >= 15 is 0 Å². The lowest BCUT2D eigenvalue weighted by molar-refractivity contribution is 1.31. The summed E-state index contributed by atoms with van der Waals surface area (Å²) >= 11 is 6.71. The second kappa shape index (κ2) is 7.77. The van der Waals surface area contributed by atoms with Gasteiger partial charge in [-0.1, -0.05) is 69.9 Å². The molecule has 0 radical (unpaired) electrons. The highest BCUT2D eigenvalue weighted by Crippen LogP contribution is 2.19. The van der Waals surface area contributed by atoms with Gasteiger partial charge in [0.05, 0.1) is 10.7 Å². The first-order valence-electron chi connectivity index (χ1n) is 5.45. The van der Waals surface area contributed by atoms with E-state index < -0.39 is 16.1 Å². The van der Waals surface area contributed by atoms with E-state index in [1.54, 1.807) is 0 Å². The molecular weight excluding hydrogens is 360 g/mol. The van der Waals surface area contributed by atoms with Crippen molar-refractivity contribution in [1.82, 2.24) is 0 Å². The Hall–Kier alpha value is 0.514. The van der Waals surface area contributed by atoms with E-state index in [1.807, 2.05) is 0 Å². The van der Waals surface area contributed by atoms with E-state index in [9.17, 15) is 0 Å². The fourth-order valence-electron chi connectivity index (χ4n) is 1.30. The number of alkyl halides is 2. The molecule has 4 heteroatoms. The number of hydrogen-bond acceptors (Lipinski definition) is 0. The first kappa shape index (κ1) is 16.5. The van der Waals surface area contributed by atoms with E-state index in [-0.39, 0.29) is 0 Å². The van der Waals surface area contributed by atoms with Crippen LogP contribution in [0.15, 0.2) is 0 Å². The Kier molecular flexibility index (Phi) is 8.02. The topological polar surface area (TPSA) is 0 Å². The Bertz CT molecular complexity index is 292. The Morgan fingerprint density at radius 3 is 1.31 bits per heavy atom. The van der Waals surface area contributed by atoms with Gasteiger partial charge in [0.2, 0.25) is 0 Å². The van der Waals surface area contributed by atoms with E-state index in [4.69, 9.17) is 0 Å². The highest BCUT2D eigenvalue weighted by molar-refractivity contribution is 9.09. The molecule has 0 aliphatic heterocycles. The van der Waals surface area contributed by atoms with Crippen LogP contribution in [-0.2, 0) is 0 Å². The van der Waals surface area contributed by atoms with Crippen LogP contribution in [0.2, 0.25) is 38.3 Å². The van der Waals surface area contributed by atoms with Gasteiger partial charge in [-0.05, 0) is 12.1 Å². The molecule has 90 valence electrons. The largest absolute Gasteiger partial charge is 0.132 e. The zero-order chi connectivity index (χ0) is 12.7. The molecule has 0 atom stereocenters. The van der Waals surface area contributed by atoms with Gasteiger partial charge in [-0.25, -0.2) is 0 Å². The van der Waals surface area contributed by atoms with Gasteiger partial charge in [0.15, 0.2) is 0 Å². The molecule has 0 unspecified atom stereocenters. The van der Waals surface area contributed by atoms with Crippen molar-refractivity contribution in [3.63, 3.8) is 0 Å². The van der Waals surface area contributed by atoms with Gasteiger partial charge in [-0.15, -0.1) is 11.1 Å². The molecule has 0 aromatic heterocycles. The second-order valence-corrected chi connectivity index (χ2v) is 15.3. The van der Waals surface area contributed by atoms with Crippen molar-refractivity contribution in [2.45, 2.75) is 38.3 Å². The second-order valence-electron chi connectivity index (χ2n) is 5.14. The molecule has 0 rings (SSSR count). The van der Waals surface area contributed by atoms with Crippen LogP contribution < -0.4 is 0 Å². The standard InChI is InChI=1S/C12H20Br2Si2/c1-15(2,9-5-7-13)11-12-16(3,4)10-6-8-14/h7-8,11-12H2,1-4H3. The predicted octanol–water partition coefficient (Wildman–Crippen LogP) is 4.28. The molecule has 0 aliphatic rings. The molecule has 0 heterocycles. The normalized spacial score (nSPS) is 11.1. The summed E-state index contributed by atoms with van der Waals surface area (Å²) in [6, 6.07) is 2.56. The average Bonchev–Trinajstić information content (AvgIpc) is 2.22. The average molecular weight is 380 g/mol. The quantitative estimate of drug-likeness (QED) is 0.390. The maximum atomic E-state index is 3.44. The zero-order valence-electron chi connectivity index (χ0n) is 10.6. The summed E-state index contributed by atoms with van der Waals surface area (Å²) in [5, 5.41) is 1.60. The summed E-state index contributed by atoms with van der Waals surface area (Å²) in [6.07, 6.45) is 0. The van der Waals surface area contributed by atoms with E-state index in [1.165, 1.54) is 12.1 Å². The van der Waals surface area contributed by atoms with Gasteiger partial charge in [0, 0.05) is 0 Å². The molecule has 0 amide bonds. The van der Waals surface area contributed by atoms with Crippen LogP contribution in [0.3, 0.4) is 0 Å². The number of halogens is 2. The minimum atomic E-state index is -1.31. The summed E-state index contributed by atoms with van der Waals surface area (Å²) < 4.78 is 0. The molecule has 0 spiro atoms. The van der Waals surface area contributed by atoms with Gasteiger partial charge >= 0.3 is 0 Å². The Labute approximate surface area is 119 Å². The smallest absolute Gasteiger partial charge is 0.131 e. The highest BCUT2D eigenvalue weighted by atomic mass is 79.9. The predicted molar refractivity (Wildman–Crippen MR) is 87.7 cm³/mol. The summed E-state index contributed by atoms with van der Waals surface area (Å²) in [6.45, 7) is 9.41. The molecule has 0 N–H and O–H groups in total. The van der Waals surface area contributed by atoms with E-state index in [0.29, 0.717) is 0 Å². The van der Waals surface area contributed by atoms with Crippen molar-refractivity contribution >= 4 is 48.0 Å². The monoisotopic (exact) mass is 378 g/mol. The van der Waals surface area contributed by atoms with Gasteiger partial charge < -0.3 is 0 Å². The molecule has 0 aliphatic carbocycles. The van der Waals surface area contributed by atoms with E-state index in [2.05, 4.69) is 81.0 Å². The molecule has 0 nitrogen and oxygen atoms in total. The molecule has 0 saturated heterocycles. The number of hydrogen-bond donors (Lipinski definition) is 0. The highest BCUT2D eigenvalue weighted by Gasteiger charge is 2.25. The van der Waals surface area contributed by atoms with Crippen molar-refractivity contribution < 1.29 is 0 Å². The lowest BCUT2D eigenvalue weighted by Gasteiger charge is -2.20. The summed E-state index contributed by atoms with van der Waals surface area (Å²) in [4.78, 5) is 0. The lowest BCUT2D eigenvalue weighted by atomic mass is 10.8. The molecular formula is C12H20Br2Si2. The van der Waals surface area contributed by atoms with Crippen molar-refractivity contribution in [3.05, 3.63) is 0 Å². The first-order valence-corrected chi connectivity index (χ1v) is 14.1. The van der Waals surface area contributed by atoms with Crippen molar-refractivity contribution in [3.8, 4) is 22.9 Å². The number of rotatable bonds is 3. The van der Waals surface area contributed by atoms with E-state index in [0.717, 1.165) is 10.7 Å². The van der Waals surface area contributed by atoms with Gasteiger partial charge in [0.1, 0.15) is 16.1 Å². The van der Waals surface area contributed by atoms with Crippen LogP contribution >= 0.6 is 31.9 Å². The third-order valence-corrected chi connectivity index (χ3v) is 8.13. The van der Waals surface area contributed by atoms with Crippen molar-refractivity contribution in [1.29, 1.82) is 0 Å². The third kappa shape index (κ3) is 8.64. The Morgan fingerprint density at radius 2 is 1.06 bits per heavy atom. The minimum absolute atomic E-state index is 0.799. The van der Waals surface area contributed by atoms with Crippen LogP contribution in [0, 0.1) is 22.9 Å². The first-order chi connectivity index (χ1) is 7.33. The minimum Gasteiger partial charge on any atom is -0.131 e. The molecule has 0 fully saturated rings. The molecule has 0 saturated carbocycles. The maximum absolute atomic E-state index is 3.44. The van der Waals surface area contributed by atoms with Gasteiger partial charge in [-0.3, -0.25) is 0 Å². The maximum Gasteiger partial charge on any atom is 0.132 e. The van der Waals surface area contributed by atoms with Gasteiger partial charge in [0.25, 0.3) is 0 Å². The SMILES string of the molecule is C[Si](C)(C#CCBr)CC[Si](C)(C)C#CCBr.